The second-order valence-electron chi connectivity index (χ2n) is 4.16. The molecular formula is C11H13F2NO. The minimum Gasteiger partial charge on any atom is -0.385 e. The van der Waals surface area contributed by atoms with Gasteiger partial charge in [-0.1, -0.05) is 0 Å². The zero-order valence-electron chi connectivity index (χ0n) is 8.21. The van der Waals surface area contributed by atoms with E-state index in [0.29, 0.717) is 12.8 Å². The Labute approximate surface area is 86.7 Å². The summed E-state index contributed by atoms with van der Waals surface area (Å²) in [5.41, 5.74) is 4.38. The van der Waals surface area contributed by atoms with Gasteiger partial charge in [0, 0.05) is 11.6 Å². The van der Waals surface area contributed by atoms with E-state index >= 15 is 0 Å². The van der Waals surface area contributed by atoms with Crippen molar-refractivity contribution in [3.63, 3.8) is 0 Å². The largest absolute Gasteiger partial charge is 0.385 e. The van der Waals surface area contributed by atoms with Crippen molar-refractivity contribution in [1.82, 2.24) is 0 Å². The van der Waals surface area contributed by atoms with Gasteiger partial charge in [0.25, 0.3) is 0 Å². The Morgan fingerprint density at radius 2 is 2.13 bits per heavy atom. The van der Waals surface area contributed by atoms with Crippen LogP contribution in [0.2, 0.25) is 0 Å². The molecule has 4 heteroatoms. The van der Waals surface area contributed by atoms with E-state index in [2.05, 4.69) is 0 Å². The van der Waals surface area contributed by atoms with Gasteiger partial charge < -0.3 is 10.8 Å². The van der Waals surface area contributed by atoms with E-state index in [1.807, 2.05) is 0 Å². The van der Waals surface area contributed by atoms with Gasteiger partial charge in [-0.3, -0.25) is 0 Å². The zero-order chi connectivity index (χ0) is 11.1. The molecular weight excluding hydrogens is 200 g/mol. The molecule has 1 aromatic rings. The molecule has 0 amide bonds. The summed E-state index contributed by atoms with van der Waals surface area (Å²) < 4.78 is 26.4. The van der Waals surface area contributed by atoms with Crippen LogP contribution in [0.1, 0.15) is 24.8 Å². The standard InChI is InChI=1S/C11H13F2NO/c12-7-1-2-10(13)9(5-7)11(15)4-3-8(14)6-11/h1-2,5,8,15H,3-4,6,14H2. The fraction of sp³-hybridized carbons (Fsp3) is 0.455. The quantitative estimate of drug-likeness (QED) is 0.745. The lowest BCUT2D eigenvalue weighted by atomic mass is 9.91. The van der Waals surface area contributed by atoms with Gasteiger partial charge in [0.05, 0.1) is 5.60 Å². The highest BCUT2D eigenvalue weighted by Crippen LogP contribution is 2.39. The van der Waals surface area contributed by atoms with Gasteiger partial charge in [0.1, 0.15) is 11.6 Å². The number of nitrogens with two attached hydrogens (primary N) is 1. The van der Waals surface area contributed by atoms with Crippen molar-refractivity contribution in [3.05, 3.63) is 35.4 Å². The van der Waals surface area contributed by atoms with Crippen molar-refractivity contribution in [1.29, 1.82) is 0 Å². The topological polar surface area (TPSA) is 46.2 Å². The lowest BCUT2D eigenvalue weighted by molar-refractivity contribution is 0.0391. The monoisotopic (exact) mass is 213 g/mol. The molecule has 0 spiro atoms. The maximum absolute atomic E-state index is 13.4. The van der Waals surface area contributed by atoms with Crippen molar-refractivity contribution in [3.8, 4) is 0 Å². The smallest absolute Gasteiger partial charge is 0.129 e. The van der Waals surface area contributed by atoms with Crippen LogP contribution in [0.5, 0.6) is 0 Å². The minimum absolute atomic E-state index is 0.0236. The molecule has 0 aromatic heterocycles. The fourth-order valence-corrected chi connectivity index (χ4v) is 2.16. The summed E-state index contributed by atoms with van der Waals surface area (Å²) in [6.45, 7) is 0. The van der Waals surface area contributed by atoms with E-state index in [9.17, 15) is 13.9 Å². The Kier molecular flexibility index (Phi) is 2.48. The van der Waals surface area contributed by atoms with E-state index < -0.39 is 17.2 Å². The Balaban J connectivity index is 2.40. The van der Waals surface area contributed by atoms with Gasteiger partial charge in [0.2, 0.25) is 0 Å². The Bertz CT molecular complexity index is 383. The number of rotatable bonds is 1. The predicted octanol–water partition coefficient (Wildman–Crippen LogP) is 1.66. The van der Waals surface area contributed by atoms with Crippen molar-refractivity contribution < 1.29 is 13.9 Å². The summed E-state index contributed by atoms with van der Waals surface area (Å²) in [5.74, 6) is -1.12. The summed E-state index contributed by atoms with van der Waals surface area (Å²) in [7, 11) is 0. The van der Waals surface area contributed by atoms with Crippen LogP contribution in [-0.2, 0) is 5.60 Å². The number of aliphatic hydroxyl groups is 1. The second-order valence-corrected chi connectivity index (χ2v) is 4.16. The first-order valence-corrected chi connectivity index (χ1v) is 4.95. The average Bonchev–Trinajstić information content (AvgIpc) is 2.52. The van der Waals surface area contributed by atoms with Gasteiger partial charge in [0.15, 0.2) is 0 Å². The number of benzene rings is 1. The van der Waals surface area contributed by atoms with Crippen LogP contribution in [0.3, 0.4) is 0 Å². The Morgan fingerprint density at radius 3 is 2.73 bits per heavy atom. The van der Waals surface area contributed by atoms with Crippen molar-refractivity contribution >= 4 is 0 Å². The molecule has 3 N–H and O–H groups in total. The highest BCUT2D eigenvalue weighted by molar-refractivity contribution is 5.26. The van der Waals surface area contributed by atoms with Crippen LogP contribution in [0.15, 0.2) is 18.2 Å². The highest BCUT2D eigenvalue weighted by atomic mass is 19.1. The van der Waals surface area contributed by atoms with Gasteiger partial charge in [-0.15, -0.1) is 0 Å². The SMILES string of the molecule is NC1CCC(O)(c2cc(F)ccc2F)C1. The van der Waals surface area contributed by atoms with Gasteiger partial charge in [-0.25, -0.2) is 8.78 Å². The first-order chi connectivity index (χ1) is 7.01. The first-order valence-electron chi connectivity index (χ1n) is 4.95. The average molecular weight is 213 g/mol. The summed E-state index contributed by atoms with van der Waals surface area (Å²) in [6, 6.07) is 2.98. The lowest BCUT2D eigenvalue weighted by Crippen LogP contribution is -2.26. The predicted molar refractivity (Wildman–Crippen MR) is 52.1 cm³/mol. The van der Waals surface area contributed by atoms with Gasteiger partial charge in [-0.2, -0.15) is 0 Å². The van der Waals surface area contributed by atoms with Crippen LogP contribution in [0.4, 0.5) is 8.78 Å². The Hall–Kier alpha value is -1.00. The molecule has 0 aliphatic heterocycles. The van der Waals surface area contributed by atoms with Crippen molar-refractivity contribution in [2.24, 2.45) is 5.73 Å². The summed E-state index contributed by atoms with van der Waals surface area (Å²) in [6.07, 6.45) is 1.30. The third-order valence-electron chi connectivity index (χ3n) is 2.96. The molecule has 0 heterocycles. The molecule has 2 rings (SSSR count). The highest BCUT2D eigenvalue weighted by Gasteiger charge is 2.39. The fourth-order valence-electron chi connectivity index (χ4n) is 2.16. The third kappa shape index (κ3) is 1.87. The molecule has 82 valence electrons. The number of hydrogen-bond donors (Lipinski definition) is 2. The molecule has 2 unspecified atom stereocenters. The minimum atomic E-state index is -1.30. The van der Waals surface area contributed by atoms with Crippen LogP contribution in [0, 0.1) is 11.6 Å². The summed E-state index contributed by atoms with van der Waals surface area (Å²) >= 11 is 0. The van der Waals surface area contributed by atoms with Crippen LogP contribution in [0.25, 0.3) is 0 Å². The molecule has 0 saturated heterocycles. The van der Waals surface area contributed by atoms with Crippen molar-refractivity contribution in [2.75, 3.05) is 0 Å². The van der Waals surface area contributed by atoms with Gasteiger partial charge >= 0.3 is 0 Å². The van der Waals surface area contributed by atoms with Crippen LogP contribution >= 0.6 is 0 Å². The molecule has 1 aromatic carbocycles. The number of hydrogen-bond acceptors (Lipinski definition) is 2. The molecule has 1 saturated carbocycles. The molecule has 1 aliphatic rings. The molecule has 1 fully saturated rings. The van der Waals surface area contributed by atoms with E-state index in [1.54, 1.807) is 0 Å². The molecule has 2 nitrogen and oxygen atoms in total. The second kappa shape index (κ2) is 3.54. The maximum Gasteiger partial charge on any atom is 0.129 e. The van der Waals surface area contributed by atoms with Crippen LogP contribution < -0.4 is 5.73 Å². The van der Waals surface area contributed by atoms with E-state index in [-0.39, 0.29) is 18.0 Å². The summed E-state index contributed by atoms with van der Waals surface area (Å²) in [5, 5.41) is 10.2. The lowest BCUT2D eigenvalue weighted by Gasteiger charge is -2.23. The molecule has 2 atom stereocenters. The zero-order valence-corrected chi connectivity index (χ0v) is 8.21. The third-order valence-corrected chi connectivity index (χ3v) is 2.96. The first kappa shape index (κ1) is 10.5. The number of halogens is 2. The molecule has 0 radical (unpaired) electrons. The Morgan fingerprint density at radius 1 is 1.40 bits per heavy atom. The van der Waals surface area contributed by atoms with E-state index in [4.69, 9.17) is 5.73 Å². The maximum atomic E-state index is 13.4. The van der Waals surface area contributed by atoms with Crippen molar-refractivity contribution in [2.45, 2.75) is 30.9 Å². The van der Waals surface area contributed by atoms with Crippen LogP contribution in [-0.4, -0.2) is 11.1 Å². The summed E-state index contributed by atoms with van der Waals surface area (Å²) in [4.78, 5) is 0. The molecule has 1 aliphatic carbocycles. The normalized spacial score (nSPS) is 30.8. The van der Waals surface area contributed by atoms with E-state index in [1.165, 1.54) is 0 Å². The van der Waals surface area contributed by atoms with Gasteiger partial charge in [-0.05, 0) is 37.5 Å². The molecule has 15 heavy (non-hydrogen) atoms. The van der Waals surface area contributed by atoms with E-state index in [0.717, 1.165) is 18.2 Å². The molecule has 0 bridgehead atoms.